The highest BCUT2D eigenvalue weighted by Crippen LogP contribution is 2.29. The second kappa shape index (κ2) is 10.0. The molecule has 2 nitrogen and oxygen atoms in total. The Morgan fingerprint density at radius 1 is 0.938 bits per heavy atom. The number of benzene rings is 3. The van der Waals surface area contributed by atoms with Crippen LogP contribution in [0.4, 0.5) is 0 Å². The van der Waals surface area contributed by atoms with Gasteiger partial charge in [0.05, 0.1) is 0 Å². The fraction of sp³-hybridized carbons (Fsp3) is 0.103. The van der Waals surface area contributed by atoms with Crippen LogP contribution in [-0.4, -0.2) is 11.7 Å². The second-order valence-electron chi connectivity index (χ2n) is 7.48. The van der Waals surface area contributed by atoms with Crippen molar-refractivity contribution in [2.75, 3.05) is 6.61 Å². The predicted molar refractivity (Wildman–Crippen MR) is 134 cm³/mol. The van der Waals surface area contributed by atoms with Gasteiger partial charge in [-0.05, 0) is 79.1 Å². The molecular weight excluding hydrogens is 412 g/mol. The van der Waals surface area contributed by atoms with Crippen molar-refractivity contribution in [1.29, 1.82) is 0 Å². The van der Waals surface area contributed by atoms with Gasteiger partial charge in [-0.15, -0.1) is 11.3 Å². The summed E-state index contributed by atoms with van der Waals surface area (Å²) in [4.78, 5) is 2.57. The number of hydrogen-bond acceptors (Lipinski definition) is 3. The van der Waals surface area contributed by atoms with Gasteiger partial charge in [0.25, 0.3) is 0 Å². The summed E-state index contributed by atoms with van der Waals surface area (Å²) in [6.45, 7) is 4.36. The van der Waals surface area contributed by atoms with E-state index in [9.17, 15) is 5.11 Å². The number of ether oxygens (including phenoxy) is 1. The molecule has 0 aliphatic carbocycles. The average molecular weight is 437 g/mol. The molecule has 0 saturated heterocycles. The normalized spacial score (nSPS) is 11.0. The molecule has 0 unspecified atom stereocenters. The zero-order valence-corrected chi connectivity index (χ0v) is 18.9. The maximum absolute atomic E-state index is 9.71. The SMILES string of the molecule is Cc1ccc(-c2ccc(C(C#Cc3ccccc3)=CCOc3ccc(O)c(C)c3)cc2)s1. The van der Waals surface area contributed by atoms with Crippen molar-refractivity contribution in [3.8, 4) is 33.8 Å². The molecule has 0 bridgehead atoms. The lowest BCUT2D eigenvalue weighted by Crippen LogP contribution is -1.95. The summed E-state index contributed by atoms with van der Waals surface area (Å²) in [6.07, 6.45) is 2.00. The number of aryl methyl sites for hydroxylation is 2. The van der Waals surface area contributed by atoms with Crippen molar-refractivity contribution in [2.24, 2.45) is 0 Å². The Kier molecular flexibility index (Phi) is 6.75. The first-order valence-corrected chi connectivity index (χ1v) is 11.3. The summed E-state index contributed by atoms with van der Waals surface area (Å²) < 4.78 is 5.89. The van der Waals surface area contributed by atoms with Crippen LogP contribution in [0.3, 0.4) is 0 Å². The van der Waals surface area contributed by atoms with E-state index >= 15 is 0 Å². The minimum absolute atomic E-state index is 0.267. The minimum atomic E-state index is 0.267. The fourth-order valence-electron chi connectivity index (χ4n) is 3.24. The molecule has 0 saturated carbocycles. The summed E-state index contributed by atoms with van der Waals surface area (Å²) >= 11 is 1.80. The molecule has 4 aromatic rings. The number of thiophene rings is 1. The van der Waals surface area contributed by atoms with Gasteiger partial charge in [0, 0.05) is 20.9 Å². The Balaban J connectivity index is 1.59. The number of phenolic OH excluding ortho intramolecular Hbond substituents is 1. The number of hydrogen-bond donors (Lipinski definition) is 1. The smallest absolute Gasteiger partial charge is 0.120 e. The van der Waals surface area contributed by atoms with Gasteiger partial charge in [-0.2, -0.15) is 0 Å². The Morgan fingerprint density at radius 3 is 2.41 bits per heavy atom. The van der Waals surface area contributed by atoms with E-state index in [1.54, 1.807) is 23.5 Å². The quantitative estimate of drug-likeness (QED) is 0.334. The summed E-state index contributed by atoms with van der Waals surface area (Å²) in [7, 11) is 0. The van der Waals surface area contributed by atoms with Crippen LogP contribution in [-0.2, 0) is 0 Å². The van der Waals surface area contributed by atoms with Gasteiger partial charge in [0.2, 0.25) is 0 Å². The van der Waals surface area contributed by atoms with Crippen LogP contribution in [0.2, 0.25) is 0 Å². The Morgan fingerprint density at radius 2 is 1.72 bits per heavy atom. The lowest BCUT2D eigenvalue weighted by Gasteiger charge is -2.07. The highest BCUT2D eigenvalue weighted by atomic mass is 32.1. The number of aromatic hydroxyl groups is 1. The van der Waals surface area contributed by atoms with Crippen molar-refractivity contribution < 1.29 is 9.84 Å². The molecule has 32 heavy (non-hydrogen) atoms. The lowest BCUT2D eigenvalue weighted by atomic mass is 10.0. The Labute approximate surface area is 193 Å². The zero-order chi connectivity index (χ0) is 22.3. The van der Waals surface area contributed by atoms with E-state index in [0.717, 1.165) is 28.0 Å². The summed E-state index contributed by atoms with van der Waals surface area (Å²) in [6, 6.07) is 28.0. The summed E-state index contributed by atoms with van der Waals surface area (Å²) in [5.41, 5.74) is 4.93. The molecule has 0 spiro atoms. The van der Waals surface area contributed by atoms with E-state index in [1.165, 1.54) is 15.3 Å². The molecule has 0 amide bonds. The zero-order valence-electron chi connectivity index (χ0n) is 18.1. The third-order valence-electron chi connectivity index (χ3n) is 5.04. The molecule has 3 aromatic carbocycles. The van der Waals surface area contributed by atoms with Crippen molar-refractivity contribution in [2.45, 2.75) is 13.8 Å². The average Bonchev–Trinajstić information content (AvgIpc) is 3.25. The van der Waals surface area contributed by atoms with Crippen LogP contribution in [0.5, 0.6) is 11.5 Å². The standard InChI is InChI=1S/C29H24O2S/c1-21-20-27(15-16-28(21)30)31-19-18-25(10-9-23-6-4-3-5-7-23)24-11-13-26(14-12-24)29-17-8-22(2)32-29/h3-8,11-18,20,30H,19H2,1-2H3. The third-order valence-corrected chi connectivity index (χ3v) is 6.09. The van der Waals surface area contributed by atoms with Crippen LogP contribution >= 0.6 is 11.3 Å². The second-order valence-corrected chi connectivity index (χ2v) is 8.77. The molecule has 1 aromatic heterocycles. The third kappa shape index (κ3) is 5.49. The molecule has 158 valence electrons. The predicted octanol–water partition coefficient (Wildman–Crippen LogP) is 7.25. The summed E-state index contributed by atoms with van der Waals surface area (Å²) in [5, 5.41) is 9.71. The highest BCUT2D eigenvalue weighted by molar-refractivity contribution is 7.15. The summed E-state index contributed by atoms with van der Waals surface area (Å²) in [5.74, 6) is 7.55. The maximum Gasteiger partial charge on any atom is 0.120 e. The first kappa shape index (κ1) is 21.5. The first-order valence-electron chi connectivity index (χ1n) is 10.5. The first-order chi connectivity index (χ1) is 15.6. The van der Waals surface area contributed by atoms with Crippen molar-refractivity contribution >= 4 is 16.9 Å². The van der Waals surface area contributed by atoms with Crippen molar-refractivity contribution in [3.05, 3.63) is 113 Å². The van der Waals surface area contributed by atoms with Crippen LogP contribution in [0.1, 0.15) is 21.6 Å². The maximum atomic E-state index is 9.71. The van der Waals surface area contributed by atoms with Gasteiger partial charge in [0.1, 0.15) is 18.1 Å². The van der Waals surface area contributed by atoms with Gasteiger partial charge >= 0.3 is 0 Å². The molecular formula is C29H24O2S. The number of phenols is 1. The van der Waals surface area contributed by atoms with Crippen LogP contribution in [0.25, 0.3) is 16.0 Å². The van der Waals surface area contributed by atoms with Crippen molar-refractivity contribution in [3.63, 3.8) is 0 Å². The molecule has 3 heteroatoms. The fourth-order valence-corrected chi connectivity index (χ4v) is 4.12. The minimum Gasteiger partial charge on any atom is -0.508 e. The van der Waals surface area contributed by atoms with E-state index in [0.29, 0.717) is 6.61 Å². The molecule has 0 aliphatic rings. The largest absolute Gasteiger partial charge is 0.508 e. The van der Waals surface area contributed by atoms with Gasteiger partial charge in [-0.25, -0.2) is 0 Å². The Bertz CT molecular complexity index is 1290. The lowest BCUT2D eigenvalue weighted by molar-refractivity contribution is 0.362. The molecule has 1 N–H and O–H groups in total. The van der Waals surface area contributed by atoms with Gasteiger partial charge in [-0.1, -0.05) is 54.3 Å². The van der Waals surface area contributed by atoms with E-state index in [-0.39, 0.29) is 5.75 Å². The number of allylic oxidation sites excluding steroid dienone is 1. The van der Waals surface area contributed by atoms with Gasteiger partial charge in [0.15, 0.2) is 0 Å². The van der Waals surface area contributed by atoms with E-state index in [4.69, 9.17) is 4.74 Å². The van der Waals surface area contributed by atoms with Gasteiger partial charge in [-0.3, -0.25) is 0 Å². The monoisotopic (exact) mass is 436 g/mol. The highest BCUT2D eigenvalue weighted by Gasteiger charge is 2.04. The van der Waals surface area contributed by atoms with Crippen LogP contribution < -0.4 is 4.74 Å². The van der Waals surface area contributed by atoms with Crippen LogP contribution in [0.15, 0.2) is 91.0 Å². The topological polar surface area (TPSA) is 29.5 Å². The molecule has 0 radical (unpaired) electrons. The van der Waals surface area contributed by atoms with Crippen molar-refractivity contribution in [1.82, 2.24) is 0 Å². The van der Waals surface area contributed by atoms with E-state index in [2.05, 4.69) is 55.2 Å². The van der Waals surface area contributed by atoms with E-state index in [1.807, 2.05) is 49.4 Å². The molecule has 0 fully saturated rings. The molecule has 0 atom stereocenters. The van der Waals surface area contributed by atoms with Crippen LogP contribution in [0, 0.1) is 25.7 Å². The molecule has 4 rings (SSSR count). The Hall–Kier alpha value is -3.74. The number of rotatable bonds is 5. The van der Waals surface area contributed by atoms with Gasteiger partial charge < -0.3 is 9.84 Å². The molecule has 0 aliphatic heterocycles. The molecule has 1 heterocycles. The van der Waals surface area contributed by atoms with E-state index < -0.39 is 0 Å².